The van der Waals surface area contributed by atoms with Crippen molar-refractivity contribution < 1.29 is 9.18 Å². The van der Waals surface area contributed by atoms with E-state index in [-0.39, 0.29) is 17.5 Å². The van der Waals surface area contributed by atoms with Crippen molar-refractivity contribution in [3.05, 3.63) is 89.8 Å². The number of rotatable bonds is 4. The molecule has 35 heavy (non-hydrogen) atoms. The fraction of sp³-hybridized carbons (Fsp3) is 0.214. The van der Waals surface area contributed by atoms with Crippen LogP contribution in [0.1, 0.15) is 34.5 Å². The number of amides is 1. The summed E-state index contributed by atoms with van der Waals surface area (Å²) in [7, 11) is 0. The van der Waals surface area contributed by atoms with Crippen LogP contribution in [0.25, 0.3) is 21.9 Å². The monoisotopic (exact) mass is 465 g/mol. The van der Waals surface area contributed by atoms with E-state index in [1.54, 1.807) is 18.5 Å². The highest BCUT2D eigenvalue weighted by atomic mass is 19.1. The molecule has 7 heteroatoms. The Hall–Kier alpha value is -4.31. The number of nitriles is 1. The molecule has 5 rings (SSSR count). The Balaban J connectivity index is 1.36. The maximum Gasteiger partial charge on any atom is 0.255 e. The molecule has 0 aliphatic carbocycles. The van der Waals surface area contributed by atoms with E-state index in [1.165, 1.54) is 12.1 Å². The number of carbonyl (C=O) groups excluding carboxylic acids is 1. The number of benzene rings is 2. The van der Waals surface area contributed by atoms with E-state index < -0.39 is 5.82 Å². The smallest absolute Gasteiger partial charge is 0.255 e. The number of piperidine rings is 1. The zero-order valence-corrected chi connectivity index (χ0v) is 19.3. The normalized spacial score (nSPS) is 14.0. The largest absolute Gasteiger partial charge is 0.382 e. The van der Waals surface area contributed by atoms with E-state index in [0.29, 0.717) is 24.2 Å². The second-order valence-corrected chi connectivity index (χ2v) is 8.83. The van der Waals surface area contributed by atoms with E-state index >= 15 is 0 Å². The van der Waals surface area contributed by atoms with Gasteiger partial charge in [-0.1, -0.05) is 6.07 Å². The summed E-state index contributed by atoms with van der Waals surface area (Å²) in [6.07, 6.45) is 6.81. The molecule has 1 aliphatic rings. The third-order valence-corrected chi connectivity index (χ3v) is 6.48. The maximum absolute atomic E-state index is 14.3. The molecule has 0 radical (unpaired) electrons. The minimum atomic E-state index is -0.532. The van der Waals surface area contributed by atoms with Crippen LogP contribution in [0.4, 0.5) is 10.1 Å². The number of anilines is 1. The molecule has 1 saturated heterocycles. The van der Waals surface area contributed by atoms with E-state index in [0.717, 1.165) is 40.6 Å². The van der Waals surface area contributed by atoms with Crippen molar-refractivity contribution in [2.75, 3.05) is 18.4 Å². The van der Waals surface area contributed by atoms with Gasteiger partial charge in [-0.3, -0.25) is 14.8 Å². The van der Waals surface area contributed by atoms with Crippen LogP contribution in [0.5, 0.6) is 0 Å². The summed E-state index contributed by atoms with van der Waals surface area (Å²) in [5.74, 6) is -0.523. The van der Waals surface area contributed by atoms with Gasteiger partial charge < -0.3 is 10.2 Å². The molecular weight excluding hydrogens is 441 g/mol. The average Bonchev–Trinajstić information content (AvgIpc) is 2.89. The van der Waals surface area contributed by atoms with Crippen LogP contribution in [0.15, 0.2) is 67.1 Å². The molecule has 1 N–H and O–H groups in total. The quantitative estimate of drug-likeness (QED) is 0.440. The number of fused-ring (bicyclic) bond motifs is 1. The second-order valence-electron chi connectivity index (χ2n) is 8.83. The van der Waals surface area contributed by atoms with Gasteiger partial charge in [-0.2, -0.15) is 5.26 Å². The van der Waals surface area contributed by atoms with Crippen molar-refractivity contribution in [3.63, 3.8) is 0 Å². The van der Waals surface area contributed by atoms with Crippen LogP contribution < -0.4 is 5.32 Å². The van der Waals surface area contributed by atoms with Gasteiger partial charge in [-0.05, 0) is 78.7 Å². The summed E-state index contributed by atoms with van der Waals surface area (Å²) in [6.45, 7) is 3.21. The minimum Gasteiger partial charge on any atom is -0.382 e. The summed E-state index contributed by atoms with van der Waals surface area (Å²) in [5, 5.41) is 14.7. The number of aromatic nitrogens is 2. The summed E-state index contributed by atoms with van der Waals surface area (Å²) in [5.41, 5.74) is 4.01. The lowest BCUT2D eigenvalue weighted by Gasteiger charge is -2.33. The van der Waals surface area contributed by atoms with Crippen molar-refractivity contribution in [2.45, 2.75) is 25.8 Å². The topological polar surface area (TPSA) is 81.9 Å². The van der Waals surface area contributed by atoms with Crippen molar-refractivity contribution in [1.29, 1.82) is 5.26 Å². The number of hydrogen-bond donors (Lipinski definition) is 1. The molecule has 0 bridgehead atoms. The number of carbonyl (C=O) groups is 1. The van der Waals surface area contributed by atoms with Gasteiger partial charge in [0.1, 0.15) is 11.9 Å². The average molecular weight is 466 g/mol. The third kappa shape index (κ3) is 4.69. The van der Waals surface area contributed by atoms with Gasteiger partial charge in [0.15, 0.2) is 0 Å². The lowest BCUT2D eigenvalue weighted by atomic mass is 9.98. The molecule has 0 saturated carbocycles. The molecule has 0 spiro atoms. The van der Waals surface area contributed by atoms with E-state index in [9.17, 15) is 9.18 Å². The zero-order valence-electron chi connectivity index (χ0n) is 19.3. The molecule has 0 atom stereocenters. The van der Waals surface area contributed by atoms with Gasteiger partial charge in [0.2, 0.25) is 0 Å². The Morgan fingerprint density at radius 2 is 1.91 bits per heavy atom. The number of nitrogens with one attached hydrogen (secondary N) is 1. The number of hydrogen-bond acceptors (Lipinski definition) is 5. The van der Waals surface area contributed by atoms with Crippen LogP contribution in [0, 0.1) is 24.1 Å². The highest BCUT2D eigenvalue weighted by molar-refractivity contribution is 5.97. The first-order valence-electron chi connectivity index (χ1n) is 11.6. The molecule has 1 fully saturated rings. The first-order valence-corrected chi connectivity index (χ1v) is 11.6. The molecular formula is C28H24FN5O. The van der Waals surface area contributed by atoms with Gasteiger partial charge in [0.25, 0.3) is 5.91 Å². The zero-order chi connectivity index (χ0) is 24.4. The molecule has 2 aromatic heterocycles. The number of nitrogens with zero attached hydrogens (tertiary/aromatic N) is 4. The summed E-state index contributed by atoms with van der Waals surface area (Å²) >= 11 is 0. The minimum absolute atomic E-state index is 0.00967. The summed E-state index contributed by atoms with van der Waals surface area (Å²) in [4.78, 5) is 23.2. The van der Waals surface area contributed by atoms with Crippen LogP contribution in [-0.4, -0.2) is 39.9 Å². The van der Waals surface area contributed by atoms with E-state index in [4.69, 9.17) is 5.26 Å². The maximum atomic E-state index is 14.3. The fourth-order valence-electron chi connectivity index (χ4n) is 4.49. The summed E-state index contributed by atoms with van der Waals surface area (Å²) < 4.78 is 14.3. The standard InChI is InChI=1S/C28H24FN5O/c1-18-2-3-22(16-32-18)28(35)34-10-7-24(8-11-34)33-27-14-23(12-20-6-9-31-17-25(20)27)19-4-5-21(15-30)26(29)13-19/h2-6,9,12-14,16-17,24,33H,7-8,10-11H2,1H3. The molecule has 4 aromatic rings. The molecule has 2 aromatic carbocycles. The molecule has 3 heterocycles. The fourth-order valence-corrected chi connectivity index (χ4v) is 4.49. The predicted molar refractivity (Wildman–Crippen MR) is 133 cm³/mol. The van der Waals surface area contributed by atoms with E-state index in [1.807, 2.05) is 54.4 Å². The molecule has 174 valence electrons. The Labute approximate surface area is 203 Å². The van der Waals surface area contributed by atoms with Gasteiger partial charge in [0, 0.05) is 54.5 Å². The van der Waals surface area contributed by atoms with Gasteiger partial charge >= 0.3 is 0 Å². The third-order valence-electron chi connectivity index (χ3n) is 6.48. The van der Waals surface area contributed by atoms with Crippen molar-refractivity contribution in [2.24, 2.45) is 0 Å². The van der Waals surface area contributed by atoms with Gasteiger partial charge in [-0.15, -0.1) is 0 Å². The lowest BCUT2D eigenvalue weighted by molar-refractivity contribution is 0.0718. The van der Waals surface area contributed by atoms with Crippen LogP contribution in [0.2, 0.25) is 0 Å². The number of halogens is 1. The number of pyridine rings is 2. The molecule has 6 nitrogen and oxygen atoms in total. The Bertz CT molecular complexity index is 1440. The molecule has 0 unspecified atom stereocenters. The van der Waals surface area contributed by atoms with Crippen molar-refractivity contribution in [1.82, 2.24) is 14.9 Å². The summed E-state index contributed by atoms with van der Waals surface area (Å²) in [6, 6.07) is 16.3. The molecule has 1 amide bonds. The van der Waals surface area contributed by atoms with Crippen molar-refractivity contribution in [3.8, 4) is 17.2 Å². The first kappa shape index (κ1) is 22.5. The van der Waals surface area contributed by atoms with Gasteiger partial charge in [0.05, 0.1) is 11.1 Å². The number of likely N-dealkylation sites (tertiary alicyclic amines) is 1. The van der Waals surface area contributed by atoms with Crippen molar-refractivity contribution >= 4 is 22.4 Å². The highest BCUT2D eigenvalue weighted by Gasteiger charge is 2.24. The van der Waals surface area contributed by atoms with Gasteiger partial charge in [-0.25, -0.2) is 4.39 Å². The Morgan fingerprint density at radius 3 is 2.63 bits per heavy atom. The first-order chi connectivity index (χ1) is 17.0. The van der Waals surface area contributed by atoms with Crippen LogP contribution in [0.3, 0.4) is 0 Å². The lowest BCUT2D eigenvalue weighted by Crippen LogP contribution is -2.42. The molecule has 1 aliphatic heterocycles. The SMILES string of the molecule is Cc1ccc(C(=O)N2CCC(Nc3cc(-c4ccc(C#N)c(F)c4)cc4ccncc34)CC2)cn1. The van der Waals surface area contributed by atoms with Crippen LogP contribution >= 0.6 is 0 Å². The Morgan fingerprint density at radius 1 is 1.09 bits per heavy atom. The highest BCUT2D eigenvalue weighted by Crippen LogP contribution is 2.32. The number of aryl methyl sites for hydroxylation is 1. The predicted octanol–water partition coefficient (Wildman–Crippen LogP) is 5.33. The van der Waals surface area contributed by atoms with E-state index in [2.05, 4.69) is 15.3 Å². The second kappa shape index (κ2) is 9.51. The Kier molecular flexibility index (Phi) is 6.11. The van der Waals surface area contributed by atoms with Crippen LogP contribution in [-0.2, 0) is 0 Å².